The number of hydrogen-bond acceptors (Lipinski definition) is 11. The number of carbonyl (C=O) groups excluding carboxylic acids is 3. The molecule has 3 N–H and O–H groups in total. The van der Waals surface area contributed by atoms with Gasteiger partial charge in [0.15, 0.2) is 0 Å². The van der Waals surface area contributed by atoms with Crippen LogP contribution in [0.1, 0.15) is 62.9 Å². The van der Waals surface area contributed by atoms with Crippen LogP contribution in [0.25, 0.3) is 33.4 Å². The summed E-state index contributed by atoms with van der Waals surface area (Å²) < 4.78 is 13.4. The maximum Gasteiger partial charge on any atom is 0.293 e. The zero-order chi connectivity index (χ0) is 38.4. The molecule has 1 aromatic carbocycles. The van der Waals surface area contributed by atoms with Crippen molar-refractivity contribution in [1.29, 1.82) is 0 Å². The number of pyridine rings is 1. The maximum absolute atomic E-state index is 14.1. The van der Waals surface area contributed by atoms with E-state index in [4.69, 9.17) is 19.4 Å². The van der Waals surface area contributed by atoms with Crippen LogP contribution < -0.4 is 16.1 Å². The number of ether oxygens (including phenoxy) is 2. The van der Waals surface area contributed by atoms with Crippen molar-refractivity contribution in [1.82, 2.24) is 35.6 Å². The third-order valence-electron chi connectivity index (χ3n) is 10.5. The predicted molar refractivity (Wildman–Crippen MR) is 215 cm³/mol. The molecule has 0 radical (unpaired) electrons. The first-order valence-electron chi connectivity index (χ1n) is 18.8. The Balaban J connectivity index is 1.38. The van der Waals surface area contributed by atoms with Crippen LogP contribution in [0.3, 0.4) is 0 Å². The number of carbonyl (C=O) groups is 3. The molecule has 2 saturated heterocycles. The highest BCUT2D eigenvalue weighted by Gasteiger charge is 2.36. The second-order valence-electron chi connectivity index (χ2n) is 14.9. The molecule has 2 fully saturated rings. The van der Waals surface area contributed by atoms with Crippen molar-refractivity contribution in [3.8, 4) is 22.5 Å². The molecule has 12 nitrogen and oxygen atoms in total. The molecular formula is C40H53N7O5S2. The van der Waals surface area contributed by atoms with Crippen LogP contribution in [0.5, 0.6) is 0 Å². The molecule has 0 aliphatic carbocycles. The Labute approximate surface area is 326 Å². The molecule has 3 atom stereocenters. The molecule has 3 unspecified atom stereocenters. The van der Waals surface area contributed by atoms with E-state index in [9.17, 15) is 14.4 Å². The largest absolute Gasteiger partial charge is 0.467 e. The number of thioether (sulfide) groups is 1. The Hall–Kier alpha value is -3.82. The van der Waals surface area contributed by atoms with E-state index in [1.165, 1.54) is 11.8 Å². The molecule has 2 aliphatic heterocycles. The van der Waals surface area contributed by atoms with E-state index in [2.05, 4.69) is 71.0 Å². The fourth-order valence-electron chi connectivity index (χ4n) is 7.42. The van der Waals surface area contributed by atoms with Crippen molar-refractivity contribution in [3.05, 3.63) is 58.2 Å². The van der Waals surface area contributed by atoms with Crippen LogP contribution in [0, 0.1) is 17.3 Å². The van der Waals surface area contributed by atoms with Crippen molar-refractivity contribution in [2.45, 2.75) is 71.4 Å². The van der Waals surface area contributed by atoms with Crippen molar-refractivity contribution in [2.24, 2.45) is 17.3 Å². The summed E-state index contributed by atoms with van der Waals surface area (Å²) in [5, 5.41) is 11.7. The Morgan fingerprint density at radius 2 is 2.04 bits per heavy atom. The number of benzene rings is 1. The zero-order valence-corrected chi connectivity index (χ0v) is 33.8. The minimum Gasteiger partial charge on any atom is -0.467 e. The fourth-order valence-corrected chi connectivity index (χ4v) is 9.06. The number of rotatable bonds is 17. The number of hydrogen-bond donors (Lipinski definition) is 3. The topological polar surface area (TPSA) is 140 Å². The highest BCUT2D eigenvalue weighted by atomic mass is 32.2. The van der Waals surface area contributed by atoms with Gasteiger partial charge in [-0.2, -0.15) is 0 Å². The second kappa shape index (κ2) is 17.8. The summed E-state index contributed by atoms with van der Waals surface area (Å²) in [6, 6.07) is 10.6. The van der Waals surface area contributed by atoms with Crippen molar-refractivity contribution >= 4 is 52.3 Å². The standard InChI is InChI=1S/C40H53N7O5S2/c1-7-46-33-13-12-26(17-29(33)31(19-40(3,4)23-52-24-48)36(46)28-11-10-14-42-35(28)25(2)51-5)32-22-54-34(44-32)18-30(39(50)47-16-9-8-15-43-47)38(53-6)45-37(49)27-20-41-21-27/h10-14,17,22,24-25,27,30,38,41,43H,7-9,15-16,18-21,23H2,1-6H3,(H,45,49). The van der Waals surface area contributed by atoms with Crippen molar-refractivity contribution in [3.63, 3.8) is 0 Å². The minimum atomic E-state index is -0.490. The van der Waals surface area contributed by atoms with Gasteiger partial charge in [-0.15, -0.1) is 23.1 Å². The average molecular weight is 776 g/mol. The van der Waals surface area contributed by atoms with Gasteiger partial charge in [-0.1, -0.05) is 19.9 Å². The Bertz CT molecular complexity index is 1930. The number of fused-ring (bicyclic) bond motifs is 1. The van der Waals surface area contributed by atoms with Crippen LogP contribution >= 0.6 is 23.1 Å². The van der Waals surface area contributed by atoms with Crippen LogP contribution in [0.4, 0.5) is 0 Å². The molecule has 6 rings (SSSR count). The second-order valence-corrected chi connectivity index (χ2v) is 16.8. The van der Waals surface area contributed by atoms with E-state index in [1.54, 1.807) is 29.7 Å². The van der Waals surface area contributed by atoms with Crippen LogP contribution in [0.2, 0.25) is 0 Å². The molecule has 2 aliphatic rings. The highest BCUT2D eigenvalue weighted by molar-refractivity contribution is 7.99. The normalized spacial score (nSPS) is 16.8. The monoisotopic (exact) mass is 775 g/mol. The predicted octanol–water partition coefficient (Wildman–Crippen LogP) is 5.61. The van der Waals surface area contributed by atoms with E-state index in [1.807, 2.05) is 19.2 Å². The molecule has 2 amide bonds. The lowest BCUT2D eigenvalue weighted by Gasteiger charge is -2.35. The van der Waals surface area contributed by atoms with Gasteiger partial charge < -0.3 is 24.7 Å². The number of aryl methyl sites for hydroxylation is 1. The molecule has 0 spiro atoms. The van der Waals surface area contributed by atoms with E-state index < -0.39 is 11.3 Å². The summed E-state index contributed by atoms with van der Waals surface area (Å²) in [6.45, 7) is 12.6. The smallest absolute Gasteiger partial charge is 0.293 e. The lowest BCUT2D eigenvalue weighted by atomic mass is 9.84. The minimum absolute atomic E-state index is 0.0175. The van der Waals surface area contributed by atoms with Gasteiger partial charge in [-0.25, -0.2) is 10.4 Å². The molecular weight excluding hydrogens is 723 g/mol. The quantitative estimate of drug-likeness (QED) is 0.0917. The molecule has 4 aromatic rings. The van der Waals surface area contributed by atoms with Crippen molar-refractivity contribution in [2.75, 3.05) is 46.2 Å². The molecule has 290 valence electrons. The fraction of sp³-hybridized carbons (Fsp3) is 0.525. The summed E-state index contributed by atoms with van der Waals surface area (Å²) in [7, 11) is 1.70. The Morgan fingerprint density at radius 3 is 2.70 bits per heavy atom. The molecule has 14 heteroatoms. The number of nitrogens with one attached hydrogen (secondary N) is 3. The number of aromatic nitrogens is 3. The Morgan fingerprint density at radius 1 is 1.22 bits per heavy atom. The maximum atomic E-state index is 14.1. The molecule has 54 heavy (non-hydrogen) atoms. The third-order valence-corrected chi connectivity index (χ3v) is 12.3. The number of nitrogens with zero attached hydrogens (tertiary/aromatic N) is 4. The summed E-state index contributed by atoms with van der Waals surface area (Å²) in [5.41, 5.74) is 9.89. The number of thiazole rings is 1. The van der Waals surface area contributed by atoms with Gasteiger partial charge in [0.05, 0.1) is 52.0 Å². The molecule has 3 aromatic heterocycles. The highest BCUT2D eigenvalue weighted by Crippen LogP contribution is 2.42. The van der Waals surface area contributed by atoms with E-state index in [-0.39, 0.29) is 35.9 Å². The summed E-state index contributed by atoms with van der Waals surface area (Å²) >= 11 is 3.04. The lowest BCUT2D eigenvalue weighted by molar-refractivity contribution is -0.140. The summed E-state index contributed by atoms with van der Waals surface area (Å²) in [5.74, 6) is -0.600. The number of methoxy groups -OCH3 is 1. The third kappa shape index (κ3) is 8.68. The summed E-state index contributed by atoms with van der Waals surface area (Å²) in [6.07, 6.45) is 6.55. The lowest BCUT2D eigenvalue weighted by Crippen LogP contribution is -2.56. The van der Waals surface area contributed by atoms with Gasteiger partial charge >= 0.3 is 0 Å². The average Bonchev–Trinajstić information content (AvgIpc) is 3.76. The van der Waals surface area contributed by atoms with Gasteiger partial charge in [0, 0.05) is 85.3 Å². The van der Waals surface area contributed by atoms with Gasteiger partial charge in [0.25, 0.3) is 6.47 Å². The molecule has 0 bridgehead atoms. The van der Waals surface area contributed by atoms with Gasteiger partial charge in [-0.3, -0.25) is 24.4 Å². The molecule has 0 saturated carbocycles. The molecule has 5 heterocycles. The van der Waals surface area contributed by atoms with Crippen LogP contribution in [-0.4, -0.2) is 89.4 Å². The van der Waals surface area contributed by atoms with Crippen LogP contribution in [0.15, 0.2) is 41.9 Å². The van der Waals surface area contributed by atoms with Gasteiger partial charge in [0.1, 0.15) is 0 Å². The van der Waals surface area contributed by atoms with E-state index >= 15 is 0 Å². The van der Waals surface area contributed by atoms with E-state index in [0.717, 1.165) is 75.6 Å². The van der Waals surface area contributed by atoms with Crippen LogP contribution in [-0.2, 0) is 43.2 Å². The summed E-state index contributed by atoms with van der Waals surface area (Å²) in [4.78, 5) is 48.3. The van der Waals surface area contributed by atoms with Gasteiger partial charge in [-0.05, 0) is 69.2 Å². The zero-order valence-electron chi connectivity index (χ0n) is 32.1. The van der Waals surface area contributed by atoms with E-state index in [0.29, 0.717) is 38.9 Å². The number of hydrazine groups is 1. The SMILES string of the molecule is CCn1c(-c2cccnc2C(C)OC)c(CC(C)(C)COC=O)c2cc(-c3csc(CC(C(=O)N4CCCCN4)C(NC(=O)C4CNC4)SC)n3)ccc21. The van der Waals surface area contributed by atoms with Crippen molar-refractivity contribution < 1.29 is 23.9 Å². The van der Waals surface area contributed by atoms with Gasteiger partial charge in [0.2, 0.25) is 11.8 Å². The number of amides is 2. The first-order valence-corrected chi connectivity index (χ1v) is 21.0. The first-order chi connectivity index (χ1) is 26.1. The first kappa shape index (κ1) is 39.9. The Kier molecular flexibility index (Phi) is 13.1.